The molecular weight excluding hydrogens is 301 g/mol. The van der Waals surface area contributed by atoms with Crippen molar-refractivity contribution < 1.29 is 27.4 Å². The maximum absolute atomic E-state index is 12.9. The molecule has 0 amide bonds. The van der Waals surface area contributed by atoms with Crippen LogP contribution >= 0.6 is 0 Å². The van der Waals surface area contributed by atoms with Crippen molar-refractivity contribution in [3.8, 4) is 0 Å². The number of halogens is 1. The Morgan fingerprint density at radius 3 is 2.57 bits per heavy atom. The standard InChI is InChI=1S/C13H16FNO5S/c1-20-12(17)13(9-16)7-2-8-15(13)21(18,19)11-5-3-10(14)4-6-11/h3-6,16H,2,7-9H2,1H3. The molecule has 0 saturated carbocycles. The maximum atomic E-state index is 12.9. The van der Waals surface area contributed by atoms with E-state index in [1.165, 1.54) is 0 Å². The Bertz CT molecular complexity index is 630. The molecule has 0 aliphatic carbocycles. The number of hydrogen-bond acceptors (Lipinski definition) is 5. The lowest BCUT2D eigenvalue weighted by molar-refractivity contribution is -0.153. The van der Waals surface area contributed by atoms with Crippen LogP contribution in [0, 0.1) is 5.82 Å². The fourth-order valence-corrected chi connectivity index (χ4v) is 4.34. The number of esters is 1. The van der Waals surface area contributed by atoms with Crippen molar-refractivity contribution in [1.29, 1.82) is 0 Å². The molecule has 1 atom stereocenters. The monoisotopic (exact) mass is 317 g/mol. The lowest BCUT2D eigenvalue weighted by Gasteiger charge is -2.33. The van der Waals surface area contributed by atoms with Crippen LogP contribution in [0.4, 0.5) is 4.39 Å². The molecule has 0 bridgehead atoms. The van der Waals surface area contributed by atoms with Gasteiger partial charge in [0.25, 0.3) is 0 Å². The third-order valence-electron chi connectivity index (χ3n) is 3.66. The van der Waals surface area contributed by atoms with E-state index in [1.54, 1.807) is 0 Å². The molecule has 8 heteroatoms. The van der Waals surface area contributed by atoms with Crippen LogP contribution in [0.2, 0.25) is 0 Å². The summed E-state index contributed by atoms with van der Waals surface area (Å²) in [6, 6.07) is 4.31. The molecule has 1 saturated heterocycles. The molecule has 0 spiro atoms. The average molecular weight is 317 g/mol. The average Bonchev–Trinajstić information content (AvgIpc) is 2.92. The highest BCUT2D eigenvalue weighted by Gasteiger charge is 2.53. The van der Waals surface area contributed by atoms with E-state index in [4.69, 9.17) is 0 Å². The number of hydrogen-bond donors (Lipinski definition) is 1. The van der Waals surface area contributed by atoms with Gasteiger partial charge in [-0.05, 0) is 37.1 Å². The molecule has 1 N–H and O–H groups in total. The van der Waals surface area contributed by atoms with E-state index in [0.29, 0.717) is 6.42 Å². The van der Waals surface area contributed by atoms with Gasteiger partial charge in [0.2, 0.25) is 10.0 Å². The van der Waals surface area contributed by atoms with Crippen LogP contribution in [0.25, 0.3) is 0 Å². The Morgan fingerprint density at radius 1 is 1.43 bits per heavy atom. The van der Waals surface area contributed by atoms with Crippen molar-refractivity contribution in [3.63, 3.8) is 0 Å². The fraction of sp³-hybridized carbons (Fsp3) is 0.462. The fourth-order valence-electron chi connectivity index (χ4n) is 2.55. The van der Waals surface area contributed by atoms with Gasteiger partial charge < -0.3 is 9.84 Å². The quantitative estimate of drug-likeness (QED) is 0.818. The number of rotatable bonds is 4. The zero-order valence-electron chi connectivity index (χ0n) is 11.5. The summed E-state index contributed by atoms with van der Waals surface area (Å²) < 4.78 is 43.8. The number of carbonyl (C=O) groups excluding carboxylic acids is 1. The molecular formula is C13H16FNO5S. The van der Waals surface area contributed by atoms with Gasteiger partial charge in [-0.25, -0.2) is 17.6 Å². The second-order valence-corrected chi connectivity index (χ2v) is 6.68. The van der Waals surface area contributed by atoms with E-state index in [9.17, 15) is 22.7 Å². The predicted octanol–water partition coefficient (Wildman–Crippen LogP) is 0.514. The van der Waals surface area contributed by atoms with Crippen LogP contribution < -0.4 is 0 Å². The lowest BCUT2D eigenvalue weighted by atomic mass is 9.99. The van der Waals surface area contributed by atoms with Crippen LogP contribution in [0.5, 0.6) is 0 Å². The lowest BCUT2D eigenvalue weighted by Crippen LogP contribution is -2.56. The Balaban J connectivity index is 2.47. The summed E-state index contributed by atoms with van der Waals surface area (Å²) in [5.41, 5.74) is -1.61. The minimum Gasteiger partial charge on any atom is -0.468 e. The van der Waals surface area contributed by atoms with Gasteiger partial charge in [-0.2, -0.15) is 4.31 Å². The molecule has 1 fully saturated rings. The summed E-state index contributed by atoms with van der Waals surface area (Å²) in [7, 11) is -2.88. The van der Waals surface area contributed by atoms with Crippen molar-refractivity contribution >= 4 is 16.0 Å². The molecule has 1 heterocycles. The zero-order valence-corrected chi connectivity index (χ0v) is 12.3. The summed E-state index contributed by atoms with van der Waals surface area (Å²) >= 11 is 0. The van der Waals surface area contributed by atoms with Crippen LogP contribution in [0.1, 0.15) is 12.8 Å². The minimum absolute atomic E-state index is 0.0926. The molecule has 1 aliphatic heterocycles. The Kier molecular flexibility index (Phi) is 4.31. The van der Waals surface area contributed by atoms with E-state index in [1.807, 2.05) is 0 Å². The second kappa shape index (κ2) is 5.70. The van der Waals surface area contributed by atoms with Crippen LogP contribution in [0.3, 0.4) is 0 Å². The second-order valence-electron chi connectivity index (χ2n) is 4.82. The summed E-state index contributed by atoms with van der Waals surface area (Å²) in [6.07, 6.45) is 0.604. The highest BCUT2D eigenvalue weighted by molar-refractivity contribution is 7.89. The van der Waals surface area contributed by atoms with Gasteiger partial charge in [0.1, 0.15) is 5.82 Å². The number of methoxy groups -OCH3 is 1. The number of carbonyl (C=O) groups is 1. The topological polar surface area (TPSA) is 83.9 Å². The normalized spacial score (nSPS) is 23.2. The number of sulfonamides is 1. The molecule has 1 aromatic rings. The van der Waals surface area contributed by atoms with Gasteiger partial charge in [0, 0.05) is 6.54 Å². The maximum Gasteiger partial charge on any atom is 0.329 e. The number of benzene rings is 1. The first-order chi connectivity index (χ1) is 9.88. The van der Waals surface area contributed by atoms with Crippen LogP contribution in [-0.4, -0.2) is 49.6 Å². The first kappa shape index (κ1) is 15.9. The summed E-state index contributed by atoms with van der Waals surface area (Å²) in [4.78, 5) is 11.8. The first-order valence-corrected chi connectivity index (χ1v) is 7.80. The van der Waals surface area contributed by atoms with E-state index < -0.39 is 34.0 Å². The van der Waals surface area contributed by atoms with Crippen molar-refractivity contribution in [2.24, 2.45) is 0 Å². The van der Waals surface area contributed by atoms with Gasteiger partial charge in [-0.15, -0.1) is 0 Å². The van der Waals surface area contributed by atoms with E-state index in [-0.39, 0.29) is 17.9 Å². The summed E-state index contributed by atoms with van der Waals surface area (Å²) in [6.45, 7) is -0.574. The molecule has 0 aromatic heterocycles. The van der Waals surface area contributed by atoms with Gasteiger partial charge in [0.05, 0.1) is 18.6 Å². The number of aliphatic hydroxyl groups is 1. The van der Waals surface area contributed by atoms with Crippen molar-refractivity contribution in [1.82, 2.24) is 4.31 Å². The highest BCUT2D eigenvalue weighted by atomic mass is 32.2. The zero-order chi connectivity index (χ0) is 15.7. The van der Waals surface area contributed by atoms with E-state index in [0.717, 1.165) is 35.7 Å². The van der Waals surface area contributed by atoms with Crippen LogP contribution in [-0.2, 0) is 19.6 Å². The molecule has 1 unspecified atom stereocenters. The number of ether oxygens (including phenoxy) is 1. The smallest absolute Gasteiger partial charge is 0.329 e. The largest absolute Gasteiger partial charge is 0.468 e. The number of nitrogens with zero attached hydrogens (tertiary/aromatic N) is 1. The molecule has 1 aromatic carbocycles. The van der Waals surface area contributed by atoms with Crippen molar-refractivity contribution in [3.05, 3.63) is 30.1 Å². The van der Waals surface area contributed by atoms with Gasteiger partial charge in [-0.1, -0.05) is 0 Å². The SMILES string of the molecule is COC(=O)C1(CO)CCCN1S(=O)(=O)c1ccc(F)cc1. The molecule has 2 rings (SSSR count). The van der Waals surface area contributed by atoms with Crippen molar-refractivity contribution in [2.75, 3.05) is 20.3 Å². The molecule has 116 valence electrons. The Morgan fingerprint density at radius 2 is 2.05 bits per heavy atom. The molecule has 0 radical (unpaired) electrons. The summed E-state index contributed by atoms with van der Waals surface area (Å²) in [5, 5.41) is 9.58. The number of aliphatic hydroxyl groups excluding tert-OH is 1. The van der Waals surface area contributed by atoms with Crippen molar-refractivity contribution in [2.45, 2.75) is 23.3 Å². The Labute approximate surface area is 122 Å². The van der Waals surface area contributed by atoms with E-state index in [2.05, 4.69) is 4.74 Å². The highest BCUT2D eigenvalue weighted by Crippen LogP contribution is 2.35. The van der Waals surface area contributed by atoms with Gasteiger partial charge in [0.15, 0.2) is 5.54 Å². The third kappa shape index (κ3) is 2.54. The first-order valence-electron chi connectivity index (χ1n) is 6.36. The predicted molar refractivity (Wildman–Crippen MR) is 71.4 cm³/mol. The molecule has 6 nitrogen and oxygen atoms in total. The van der Waals surface area contributed by atoms with Crippen LogP contribution in [0.15, 0.2) is 29.2 Å². The van der Waals surface area contributed by atoms with Gasteiger partial charge >= 0.3 is 5.97 Å². The summed E-state index contributed by atoms with van der Waals surface area (Å²) in [5.74, 6) is -1.36. The van der Waals surface area contributed by atoms with Gasteiger partial charge in [-0.3, -0.25) is 0 Å². The Hall–Kier alpha value is -1.51. The molecule has 1 aliphatic rings. The van der Waals surface area contributed by atoms with E-state index >= 15 is 0 Å². The molecule has 21 heavy (non-hydrogen) atoms. The minimum atomic E-state index is -4.02. The third-order valence-corrected chi connectivity index (χ3v) is 5.64.